The smallest absolute Gasteiger partial charge is 0.407 e. The number of rotatable bonds is 4. The topological polar surface area (TPSA) is 109 Å². The van der Waals surface area contributed by atoms with E-state index in [-0.39, 0.29) is 29.7 Å². The highest BCUT2D eigenvalue weighted by Gasteiger charge is 2.34. The third-order valence-corrected chi connectivity index (χ3v) is 4.79. The largest absolute Gasteiger partial charge is 0.478 e. The van der Waals surface area contributed by atoms with Crippen LogP contribution in [0, 0.1) is 0 Å². The second-order valence-corrected chi connectivity index (χ2v) is 7.40. The maximum Gasteiger partial charge on any atom is 0.407 e. The molecule has 1 aliphatic rings. The molecule has 0 radical (unpaired) electrons. The summed E-state index contributed by atoms with van der Waals surface area (Å²) in [5.41, 5.74) is 2.13. The second kappa shape index (κ2) is 7.98. The van der Waals surface area contributed by atoms with Crippen LogP contribution >= 0.6 is 0 Å². The van der Waals surface area contributed by atoms with Crippen LogP contribution in [0.4, 0.5) is 10.5 Å². The van der Waals surface area contributed by atoms with Crippen molar-refractivity contribution in [2.24, 2.45) is 0 Å². The fraction of sp³-hybridized carbons (Fsp3) is 0.381. The Balaban J connectivity index is 2.02. The number of benzene rings is 1. The van der Waals surface area contributed by atoms with Gasteiger partial charge in [-0.1, -0.05) is 0 Å². The van der Waals surface area contributed by atoms with E-state index in [1.165, 1.54) is 19.3 Å². The zero-order chi connectivity index (χ0) is 21.3. The number of hydrogen-bond donors (Lipinski definition) is 2. The molecular formula is C21H24N2O6. The number of nitrogens with zero attached hydrogens (tertiary/aromatic N) is 1. The third kappa shape index (κ3) is 4.26. The van der Waals surface area contributed by atoms with Gasteiger partial charge in [0.25, 0.3) is 0 Å². The van der Waals surface area contributed by atoms with Gasteiger partial charge in [-0.05, 0) is 57.0 Å². The number of carboxylic acid groups (broad SMARTS) is 1. The van der Waals surface area contributed by atoms with Crippen LogP contribution in [0.2, 0.25) is 0 Å². The molecule has 0 unspecified atom stereocenters. The van der Waals surface area contributed by atoms with Crippen molar-refractivity contribution in [1.82, 2.24) is 5.32 Å². The Labute approximate surface area is 168 Å². The van der Waals surface area contributed by atoms with E-state index in [9.17, 15) is 14.4 Å². The molecule has 8 heteroatoms. The van der Waals surface area contributed by atoms with Gasteiger partial charge < -0.3 is 24.5 Å². The monoisotopic (exact) mass is 400 g/mol. The number of nitrogens with one attached hydrogen (secondary N) is 1. The van der Waals surface area contributed by atoms with Crippen molar-refractivity contribution in [3.8, 4) is 11.3 Å². The average molecular weight is 400 g/mol. The molecule has 2 atom stereocenters. The van der Waals surface area contributed by atoms with Gasteiger partial charge in [-0.25, -0.2) is 9.59 Å². The van der Waals surface area contributed by atoms with Gasteiger partial charge in [-0.15, -0.1) is 0 Å². The summed E-state index contributed by atoms with van der Waals surface area (Å²) in [7, 11) is 0. The van der Waals surface area contributed by atoms with Crippen LogP contribution in [0.25, 0.3) is 11.3 Å². The lowest BCUT2D eigenvalue weighted by Gasteiger charge is -2.39. The lowest BCUT2D eigenvalue weighted by Crippen LogP contribution is -2.45. The lowest BCUT2D eigenvalue weighted by atomic mass is 9.90. The molecule has 1 aromatic carbocycles. The number of alkyl carbamates (subject to hydrolysis) is 1. The number of anilines is 1. The van der Waals surface area contributed by atoms with E-state index in [4.69, 9.17) is 14.3 Å². The predicted octanol–water partition coefficient (Wildman–Crippen LogP) is 3.97. The van der Waals surface area contributed by atoms with Crippen molar-refractivity contribution in [3.05, 3.63) is 41.7 Å². The van der Waals surface area contributed by atoms with Crippen LogP contribution in [0.15, 0.2) is 34.9 Å². The minimum atomic E-state index is -1.08. The van der Waals surface area contributed by atoms with E-state index >= 15 is 0 Å². The first-order chi connectivity index (χ1) is 13.7. The quantitative estimate of drug-likeness (QED) is 0.804. The van der Waals surface area contributed by atoms with Crippen LogP contribution in [0.3, 0.4) is 0 Å². The summed E-state index contributed by atoms with van der Waals surface area (Å²) >= 11 is 0. The minimum absolute atomic E-state index is 0.0480. The molecule has 1 aromatic heterocycles. The number of carbonyl (C=O) groups excluding carboxylic acids is 2. The molecule has 29 heavy (non-hydrogen) atoms. The molecule has 0 fully saturated rings. The second-order valence-electron chi connectivity index (χ2n) is 7.40. The highest BCUT2D eigenvalue weighted by molar-refractivity contribution is 5.94. The number of fused-ring (bicyclic) bond motifs is 1. The molecule has 0 saturated carbocycles. The molecule has 154 valence electrons. The van der Waals surface area contributed by atoms with Gasteiger partial charge in [-0.2, -0.15) is 0 Å². The minimum Gasteiger partial charge on any atom is -0.478 e. The van der Waals surface area contributed by atoms with Crippen molar-refractivity contribution >= 4 is 23.7 Å². The number of carboxylic acids is 1. The number of amides is 2. The number of furan rings is 1. The van der Waals surface area contributed by atoms with Gasteiger partial charge in [0, 0.05) is 24.2 Å². The highest BCUT2D eigenvalue weighted by atomic mass is 16.6. The summed E-state index contributed by atoms with van der Waals surface area (Å²) in [4.78, 5) is 37.2. The van der Waals surface area contributed by atoms with Crippen molar-refractivity contribution in [3.63, 3.8) is 0 Å². The molecule has 1 aliphatic heterocycles. The Hall–Kier alpha value is -3.29. The molecule has 2 N–H and O–H groups in total. The molecule has 2 amide bonds. The summed E-state index contributed by atoms with van der Waals surface area (Å²) in [6.07, 6.45) is 0.905. The molecular weight excluding hydrogens is 376 g/mol. The molecule has 2 aromatic rings. The summed E-state index contributed by atoms with van der Waals surface area (Å²) in [6, 6.07) is 6.32. The maximum atomic E-state index is 12.2. The van der Waals surface area contributed by atoms with Crippen LogP contribution in [0.1, 0.15) is 56.1 Å². The lowest BCUT2D eigenvalue weighted by molar-refractivity contribution is -0.117. The number of ether oxygens (including phenoxy) is 1. The number of carbonyl (C=O) groups is 3. The molecule has 3 rings (SSSR count). The highest BCUT2D eigenvalue weighted by Crippen LogP contribution is 2.40. The summed E-state index contributed by atoms with van der Waals surface area (Å²) in [5, 5.41) is 12.0. The van der Waals surface area contributed by atoms with Crippen molar-refractivity contribution in [2.45, 2.75) is 52.3 Å². The molecule has 0 bridgehead atoms. The summed E-state index contributed by atoms with van der Waals surface area (Å²) < 4.78 is 10.6. The Morgan fingerprint density at radius 1 is 1.28 bits per heavy atom. The predicted molar refractivity (Wildman–Crippen MR) is 106 cm³/mol. The van der Waals surface area contributed by atoms with E-state index < -0.39 is 12.1 Å². The van der Waals surface area contributed by atoms with Gasteiger partial charge in [0.1, 0.15) is 12.0 Å². The normalized spacial score (nSPS) is 18.3. The molecule has 2 heterocycles. The molecule has 0 aliphatic carbocycles. The van der Waals surface area contributed by atoms with Gasteiger partial charge in [0.2, 0.25) is 5.91 Å². The third-order valence-electron chi connectivity index (χ3n) is 4.79. The standard InChI is InChI=1S/C21H24N2O6/c1-11(2)29-21(27)22-17-7-12(3)23(13(4)24)18-6-5-14(8-16(17)18)19-9-15(10-28-19)20(25)26/h5-6,8-12,17H,7H2,1-4H3,(H,22,27)(H,25,26)/t12-,17+/m1/s1. The first-order valence-corrected chi connectivity index (χ1v) is 9.40. The Morgan fingerprint density at radius 2 is 2.00 bits per heavy atom. The van der Waals surface area contributed by atoms with E-state index in [1.807, 2.05) is 13.0 Å². The molecule has 8 nitrogen and oxygen atoms in total. The van der Waals surface area contributed by atoms with Gasteiger partial charge in [0.05, 0.1) is 17.7 Å². The Morgan fingerprint density at radius 3 is 2.59 bits per heavy atom. The van der Waals surface area contributed by atoms with Crippen molar-refractivity contribution in [2.75, 3.05) is 4.90 Å². The molecule has 0 saturated heterocycles. The Kier molecular flexibility index (Phi) is 5.63. The first-order valence-electron chi connectivity index (χ1n) is 9.40. The summed E-state index contributed by atoms with van der Waals surface area (Å²) in [6.45, 7) is 6.96. The average Bonchev–Trinajstić information content (AvgIpc) is 3.10. The van der Waals surface area contributed by atoms with Gasteiger partial charge in [-0.3, -0.25) is 4.79 Å². The summed E-state index contributed by atoms with van der Waals surface area (Å²) in [5.74, 6) is -0.784. The van der Waals surface area contributed by atoms with E-state index in [2.05, 4.69) is 5.32 Å². The van der Waals surface area contributed by atoms with Crippen molar-refractivity contribution in [1.29, 1.82) is 0 Å². The first kappa shape index (κ1) is 20.4. The van der Waals surface area contributed by atoms with Gasteiger partial charge >= 0.3 is 12.1 Å². The van der Waals surface area contributed by atoms with E-state index in [1.54, 1.807) is 30.9 Å². The van der Waals surface area contributed by atoms with Crippen LogP contribution in [0.5, 0.6) is 0 Å². The van der Waals surface area contributed by atoms with Crippen molar-refractivity contribution < 1.29 is 28.6 Å². The van der Waals surface area contributed by atoms with E-state index in [0.29, 0.717) is 23.4 Å². The zero-order valence-corrected chi connectivity index (χ0v) is 16.8. The van der Waals surface area contributed by atoms with Gasteiger partial charge in [0.15, 0.2) is 0 Å². The van der Waals surface area contributed by atoms with Crippen LogP contribution in [-0.2, 0) is 9.53 Å². The molecule has 0 spiro atoms. The van der Waals surface area contributed by atoms with E-state index in [0.717, 1.165) is 5.56 Å². The fourth-order valence-corrected chi connectivity index (χ4v) is 3.62. The SMILES string of the molecule is CC(=O)N1c2ccc(-c3cc(C(=O)O)co3)cc2[C@@H](NC(=O)OC(C)C)C[C@H]1C. The number of hydrogen-bond acceptors (Lipinski definition) is 5. The number of aromatic carboxylic acids is 1. The van der Waals surface area contributed by atoms with Crippen LogP contribution in [-0.4, -0.2) is 35.2 Å². The zero-order valence-electron chi connectivity index (χ0n) is 16.8. The Bertz CT molecular complexity index is 948. The maximum absolute atomic E-state index is 12.2. The van der Waals surface area contributed by atoms with Crippen LogP contribution < -0.4 is 10.2 Å². The fourth-order valence-electron chi connectivity index (χ4n) is 3.62.